The van der Waals surface area contributed by atoms with Gasteiger partial charge in [0.15, 0.2) is 18.1 Å². The van der Waals surface area contributed by atoms with Gasteiger partial charge in [0.1, 0.15) is 0 Å². The molecular weight excluding hydrogens is 378 g/mol. The van der Waals surface area contributed by atoms with Crippen molar-refractivity contribution in [3.8, 4) is 11.5 Å². The SMILES string of the molecule is CCOC(=O)c1c(C)[nH]c(C)c1C(=O)COC(=O)Cc1ccc(OC)c(OC)c1. The van der Waals surface area contributed by atoms with Gasteiger partial charge >= 0.3 is 11.9 Å². The zero-order chi connectivity index (χ0) is 21.6. The third-order valence-corrected chi connectivity index (χ3v) is 4.29. The molecule has 0 radical (unpaired) electrons. The number of hydrogen-bond donors (Lipinski definition) is 1. The molecule has 8 heteroatoms. The van der Waals surface area contributed by atoms with Crippen LogP contribution in [0.25, 0.3) is 0 Å². The average Bonchev–Trinajstić information content (AvgIpc) is 3.00. The van der Waals surface area contributed by atoms with E-state index in [1.165, 1.54) is 14.2 Å². The Hall–Kier alpha value is -3.29. The van der Waals surface area contributed by atoms with E-state index < -0.39 is 24.3 Å². The first kappa shape index (κ1) is 22.0. The second kappa shape index (κ2) is 9.77. The van der Waals surface area contributed by atoms with Crippen molar-refractivity contribution < 1.29 is 33.3 Å². The lowest BCUT2D eigenvalue weighted by Crippen LogP contribution is -2.19. The highest BCUT2D eigenvalue weighted by Crippen LogP contribution is 2.27. The van der Waals surface area contributed by atoms with E-state index in [9.17, 15) is 14.4 Å². The summed E-state index contributed by atoms with van der Waals surface area (Å²) in [4.78, 5) is 39.9. The minimum Gasteiger partial charge on any atom is -0.493 e. The molecule has 0 saturated carbocycles. The lowest BCUT2D eigenvalue weighted by atomic mass is 10.1. The van der Waals surface area contributed by atoms with Crippen LogP contribution in [0.1, 0.15) is 44.6 Å². The number of methoxy groups -OCH3 is 2. The Morgan fingerprint density at radius 3 is 2.21 bits per heavy atom. The molecule has 2 rings (SSSR count). The third kappa shape index (κ3) is 5.16. The first-order valence-electron chi connectivity index (χ1n) is 9.08. The number of Topliss-reactive ketones (excluding diaryl/α,β-unsaturated/α-hetero) is 1. The summed E-state index contributed by atoms with van der Waals surface area (Å²) in [5, 5.41) is 0. The summed E-state index contributed by atoms with van der Waals surface area (Å²) in [5.41, 5.74) is 2.05. The highest BCUT2D eigenvalue weighted by Gasteiger charge is 2.26. The molecule has 1 aromatic heterocycles. The molecule has 156 valence electrons. The van der Waals surface area contributed by atoms with E-state index in [0.717, 1.165) is 0 Å². The fourth-order valence-electron chi connectivity index (χ4n) is 3.01. The quantitative estimate of drug-likeness (QED) is 0.507. The second-order valence-electron chi connectivity index (χ2n) is 6.30. The average molecular weight is 403 g/mol. The van der Waals surface area contributed by atoms with Gasteiger partial charge in [-0.05, 0) is 38.5 Å². The molecule has 0 spiro atoms. The Bertz CT molecular complexity index is 914. The van der Waals surface area contributed by atoms with Crippen LogP contribution in [0.4, 0.5) is 0 Å². The highest BCUT2D eigenvalue weighted by atomic mass is 16.5. The summed E-state index contributed by atoms with van der Waals surface area (Å²) in [6.45, 7) is 4.75. The Morgan fingerprint density at radius 1 is 0.931 bits per heavy atom. The molecule has 0 saturated heterocycles. The van der Waals surface area contributed by atoms with E-state index in [4.69, 9.17) is 18.9 Å². The topological polar surface area (TPSA) is 104 Å². The Labute approximate surface area is 169 Å². The Kier molecular flexibility index (Phi) is 7.41. The van der Waals surface area contributed by atoms with Crippen molar-refractivity contribution in [3.05, 3.63) is 46.3 Å². The lowest BCUT2D eigenvalue weighted by Gasteiger charge is -2.10. The fourth-order valence-corrected chi connectivity index (χ4v) is 3.01. The van der Waals surface area contributed by atoms with Crippen LogP contribution in [0.15, 0.2) is 18.2 Å². The molecule has 0 bridgehead atoms. The van der Waals surface area contributed by atoms with Crippen LogP contribution in [0, 0.1) is 13.8 Å². The molecule has 0 atom stereocenters. The van der Waals surface area contributed by atoms with Crippen LogP contribution in [-0.4, -0.2) is 50.1 Å². The van der Waals surface area contributed by atoms with Gasteiger partial charge in [-0.1, -0.05) is 6.07 Å². The van der Waals surface area contributed by atoms with Crippen molar-refractivity contribution in [2.45, 2.75) is 27.2 Å². The summed E-state index contributed by atoms with van der Waals surface area (Å²) in [6, 6.07) is 5.06. The molecule has 0 aliphatic rings. The van der Waals surface area contributed by atoms with Crippen LogP contribution in [0.2, 0.25) is 0 Å². The van der Waals surface area contributed by atoms with Gasteiger partial charge in [0.25, 0.3) is 0 Å². The van der Waals surface area contributed by atoms with Gasteiger partial charge in [-0.2, -0.15) is 0 Å². The van der Waals surface area contributed by atoms with E-state index in [1.807, 2.05) is 0 Å². The minimum absolute atomic E-state index is 0.0382. The van der Waals surface area contributed by atoms with Crippen LogP contribution in [-0.2, 0) is 20.7 Å². The highest BCUT2D eigenvalue weighted by molar-refractivity contribution is 6.09. The maximum absolute atomic E-state index is 12.6. The van der Waals surface area contributed by atoms with Gasteiger partial charge < -0.3 is 23.9 Å². The normalized spacial score (nSPS) is 10.4. The first-order valence-corrected chi connectivity index (χ1v) is 9.08. The van der Waals surface area contributed by atoms with Gasteiger partial charge in [-0.15, -0.1) is 0 Å². The molecule has 1 aromatic carbocycles. The van der Waals surface area contributed by atoms with Crippen LogP contribution in [0.5, 0.6) is 11.5 Å². The summed E-state index contributed by atoms with van der Waals surface area (Å²) in [6.07, 6.45) is -0.0382. The van der Waals surface area contributed by atoms with Crippen molar-refractivity contribution in [2.75, 3.05) is 27.4 Å². The monoisotopic (exact) mass is 403 g/mol. The number of aromatic nitrogens is 1. The summed E-state index contributed by atoms with van der Waals surface area (Å²) < 4.78 is 20.5. The fraction of sp³-hybridized carbons (Fsp3) is 0.381. The standard InChI is InChI=1S/C21H25NO7/c1-6-28-21(25)20-13(3)22-12(2)19(20)15(23)11-29-18(24)10-14-7-8-16(26-4)17(9-14)27-5/h7-9,22H,6,10-11H2,1-5H3. The summed E-state index contributed by atoms with van der Waals surface area (Å²) in [7, 11) is 3.02. The van der Waals surface area contributed by atoms with E-state index in [1.54, 1.807) is 39.0 Å². The number of aromatic amines is 1. The molecule has 0 fully saturated rings. The molecule has 0 aliphatic heterocycles. The second-order valence-corrected chi connectivity index (χ2v) is 6.30. The molecule has 1 N–H and O–H groups in total. The zero-order valence-electron chi connectivity index (χ0n) is 17.2. The number of nitrogens with one attached hydrogen (secondary N) is 1. The molecule has 0 aliphatic carbocycles. The number of carbonyl (C=O) groups is 3. The molecular formula is C21H25NO7. The van der Waals surface area contributed by atoms with Gasteiger partial charge in [0, 0.05) is 11.4 Å². The minimum atomic E-state index is -0.589. The first-order chi connectivity index (χ1) is 13.8. The van der Waals surface area contributed by atoms with Crippen molar-refractivity contribution in [3.63, 3.8) is 0 Å². The van der Waals surface area contributed by atoms with Gasteiger partial charge in [-0.3, -0.25) is 9.59 Å². The van der Waals surface area contributed by atoms with Crippen LogP contribution < -0.4 is 9.47 Å². The molecule has 29 heavy (non-hydrogen) atoms. The number of esters is 2. The number of benzene rings is 1. The number of carbonyl (C=O) groups excluding carboxylic acids is 3. The number of rotatable bonds is 9. The molecule has 0 amide bonds. The van der Waals surface area contributed by atoms with Crippen molar-refractivity contribution >= 4 is 17.7 Å². The lowest BCUT2D eigenvalue weighted by molar-refractivity contribution is -0.141. The maximum atomic E-state index is 12.6. The van der Waals surface area contributed by atoms with Crippen molar-refractivity contribution in [1.29, 1.82) is 0 Å². The smallest absolute Gasteiger partial charge is 0.340 e. The molecule has 0 unspecified atom stereocenters. The number of aryl methyl sites for hydroxylation is 2. The number of ether oxygens (including phenoxy) is 4. The van der Waals surface area contributed by atoms with Gasteiger partial charge in [0.05, 0.1) is 38.4 Å². The van der Waals surface area contributed by atoms with E-state index in [-0.39, 0.29) is 24.2 Å². The summed E-state index contributed by atoms with van der Waals surface area (Å²) >= 11 is 0. The largest absolute Gasteiger partial charge is 0.493 e. The van der Waals surface area contributed by atoms with E-state index in [2.05, 4.69) is 4.98 Å². The van der Waals surface area contributed by atoms with Crippen LogP contribution >= 0.6 is 0 Å². The predicted octanol–water partition coefficient (Wildman–Crippen LogP) is 2.79. The number of H-pyrrole nitrogens is 1. The van der Waals surface area contributed by atoms with Gasteiger partial charge in [-0.25, -0.2) is 4.79 Å². The number of ketones is 1. The molecule has 8 nitrogen and oxygen atoms in total. The summed E-state index contributed by atoms with van der Waals surface area (Å²) in [5.74, 6) is -0.603. The van der Waals surface area contributed by atoms with Crippen molar-refractivity contribution in [1.82, 2.24) is 4.98 Å². The molecule has 2 aromatic rings. The molecule has 1 heterocycles. The van der Waals surface area contributed by atoms with Crippen LogP contribution in [0.3, 0.4) is 0 Å². The Balaban J connectivity index is 2.06. The number of hydrogen-bond acceptors (Lipinski definition) is 7. The van der Waals surface area contributed by atoms with Gasteiger partial charge in [0.2, 0.25) is 5.78 Å². The Morgan fingerprint density at radius 2 is 1.59 bits per heavy atom. The third-order valence-electron chi connectivity index (χ3n) is 4.29. The predicted molar refractivity (Wildman–Crippen MR) is 105 cm³/mol. The maximum Gasteiger partial charge on any atom is 0.340 e. The van der Waals surface area contributed by atoms with Crippen molar-refractivity contribution in [2.24, 2.45) is 0 Å². The zero-order valence-corrected chi connectivity index (χ0v) is 17.2. The van der Waals surface area contributed by atoms with E-state index in [0.29, 0.717) is 28.5 Å². The van der Waals surface area contributed by atoms with E-state index >= 15 is 0 Å².